The first-order chi connectivity index (χ1) is 8.24. The number of aromatic nitrogens is 2. The molecule has 5 nitrogen and oxygen atoms in total. The molecule has 2 aliphatic rings. The van der Waals surface area contributed by atoms with Gasteiger partial charge in [0, 0.05) is 25.7 Å². The van der Waals surface area contributed by atoms with E-state index in [1.807, 2.05) is 13.1 Å². The van der Waals surface area contributed by atoms with Crippen molar-refractivity contribution in [2.45, 2.75) is 32.4 Å². The molecule has 0 bridgehead atoms. The summed E-state index contributed by atoms with van der Waals surface area (Å²) in [4.78, 5) is 22.4. The van der Waals surface area contributed by atoms with Gasteiger partial charge in [0.05, 0.1) is 12.3 Å². The fourth-order valence-electron chi connectivity index (χ4n) is 2.51. The lowest BCUT2D eigenvalue weighted by molar-refractivity contribution is -0.142. The smallest absolute Gasteiger partial charge is 0.323 e. The van der Waals surface area contributed by atoms with Gasteiger partial charge in [-0.2, -0.15) is 0 Å². The summed E-state index contributed by atoms with van der Waals surface area (Å²) >= 11 is 0. The zero-order valence-electron chi connectivity index (χ0n) is 9.85. The zero-order valence-corrected chi connectivity index (χ0v) is 9.85. The number of aryl methyl sites for hydroxylation is 1. The van der Waals surface area contributed by atoms with E-state index in [1.165, 1.54) is 5.56 Å². The fourth-order valence-corrected chi connectivity index (χ4v) is 2.51. The van der Waals surface area contributed by atoms with Gasteiger partial charge in [0.1, 0.15) is 11.9 Å². The molecule has 1 saturated heterocycles. The van der Waals surface area contributed by atoms with Crippen LogP contribution < -0.4 is 0 Å². The van der Waals surface area contributed by atoms with Crippen molar-refractivity contribution in [3.8, 4) is 0 Å². The average molecular weight is 233 g/mol. The quantitative estimate of drug-likeness (QED) is 0.659. The van der Waals surface area contributed by atoms with Crippen molar-refractivity contribution < 1.29 is 9.53 Å². The minimum Gasteiger partial charge on any atom is -0.464 e. The van der Waals surface area contributed by atoms with Gasteiger partial charge < -0.3 is 4.74 Å². The molecule has 0 spiro atoms. The Morgan fingerprint density at radius 1 is 1.53 bits per heavy atom. The van der Waals surface area contributed by atoms with Gasteiger partial charge in [0.15, 0.2) is 0 Å². The minimum absolute atomic E-state index is 0.0709. The lowest BCUT2D eigenvalue weighted by atomic mass is 10.0. The van der Waals surface area contributed by atoms with E-state index < -0.39 is 0 Å². The summed E-state index contributed by atoms with van der Waals surface area (Å²) in [6, 6.07) is -0.0709. The SMILES string of the molecule is Cc1ncc2c(n1)CN([C@@H]1CCOC1=O)CC2. The molecule has 0 radical (unpaired) electrons. The molecule has 5 heteroatoms. The van der Waals surface area contributed by atoms with Crippen LogP contribution in [0.5, 0.6) is 0 Å². The average Bonchev–Trinajstić information content (AvgIpc) is 2.74. The van der Waals surface area contributed by atoms with Crippen LogP contribution in [0.3, 0.4) is 0 Å². The molecule has 0 unspecified atom stereocenters. The summed E-state index contributed by atoms with van der Waals surface area (Å²) in [6.45, 7) is 4.07. The summed E-state index contributed by atoms with van der Waals surface area (Å²) < 4.78 is 5.02. The van der Waals surface area contributed by atoms with E-state index in [0.717, 1.165) is 37.4 Å². The largest absolute Gasteiger partial charge is 0.464 e. The molecular formula is C12H15N3O2. The lowest BCUT2D eigenvalue weighted by Crippen LogP contribution is -2.42. The van der Waals surface area contributed by atoms with Crippen molar-refractivity contribution in [3.63, 3.8) is 0 Å². The van der Waals surface area contributed by atoms with Crippen LogP contribution in [0, 0.1) is 6.92 Å². The number of rotatable bonds is 1. The minimum atomic E-state index is -0.0840. The van der Waals surface area contributed by atoms with Crippen LogP contribution in [0.4, 0.5) is 0 Å². The van der Waals surface area contributed by atoms with E-state index in [2.05, 4.69) is 14.9 Å². The van der Waals surface area contributed by atoms with Crippen molar-refractivity contribution in [1.82, 2.24) is 14.9 Å². The maximum atomic E-state index is 11.6. The first-order valence-electron chi connectivity index (χ1n) is 5.96. The molecule has 1 fully saturated rings. The zero-order chi connectivity index (χ0) is 11.8. The highest BCUT2D eigenvalue weighted by Crippen LogP contribution is 2.22. The maximum Gasteiger partial charge on any atom is 0.323 e. The second kappa shape index (κ2) is 4.07. The second-order valence-electron chi connectivity index (χ2n) is 4.58. The van der Waals surface area contributed by atoms with Gasteiger partial charge in [-0.1, -0.05) is 0 Å². The van der Waals surface area contributed by atoms with Gasteiger partial charge in [0.25, 0.3) is 0 Å². The molecule has 2 aliphatic heterocycles. The van der Waals surface area contributed by atoms with Gasteiger partial charge in [-0.25, -0.2) is 9.97 Å². The molecule has 1 aromatic rings. The monoisotopic (exact) mass is 233 g/mol. The molecule has 0 amide bonds. The summed E-state index contributed by atoms with van der Waals surface area (Å²) in [6.07, 6.45) is 3.62. The fraction of sp³-hybridized carbons (Fsp3) is 0.583. The summed E-state index contributed by atoms with van der Waals surface area (Å²) in [7, 11) is 0. The van der Waals surface area contributed by atoms with Crippen molar-refractivity contribution in [1.29, 1.82) is 0 Å². The summed E-state index contributed by atoms with van der Waals surface area (Å²) in [5.74, 6) is 0.707. The number of cyclic esters (lactones) is 1. The van der Waals surface area contributed by atoms with Gasteiger partial charge in [-0.3, -0.25) is 9.69 Å². The predicted octanol–water partition coefficient (Wildman–Crippen LogP) is 0.459. The standard InChI is InChI=1S/C12H15N3O2/c1-8-13-6-9-2-4-15(7-10(9)14-8)11-3-5-17-12(11)16/h6,11H,2-5,7H2,1H3/t11-/m1/s1. The Morgan fingerprint density at radius 3 is 3.18 bits per heavy atom. The Hall–Kier alpha value is -1.49. The highest BCUT2D eigenvalue weighted by Gasteiger charge is 2.34. The van der Waals surface area contributed by atoms with Gasteiger partial charge in [-0.05, 0) is 18.9 Å². The molecule has 0 saturated carbocycles. The van der Waals surface area contributed by atoms with Crippen LogP contribution in [0.15, 0.2) is 6.20 Å². The molecule has 1 aromatic heterocycles. The van der Waals surface area contributed by atoms with Crippen LogP contribution in [0.2, 0.25) is 0 Å². The number of carbonyl (C=O) groups is 1. The topological polar surface area (TPSA) is 55.3 Å². The Kier molecular flexibility index (Phi) is 2.55. The van der Waals surface area contributed by atoms with Crippen LogP contribution in [-0.4, -0.2) is 40.0 Å². The van der Waals surface area contributed by atoms with E-state index in [4.69, 9.17) is 4.74 Å². The molecule has 3 heterocycles. The first kappa shape index (κ1) is 10.7. The Labute approximate surface area is 99.8 Å². The van der Waals surface area contributed by atoms with Crippen molar-refractivity contribution in [3.05, 3.63) is 23.3 Å². The lowest BCUT2D eigenvalue weighted by Gasteiger charge is -2.30. The van der Waals surface area contributed by atoms with Crippen LogP contribution in [-0.2, 0) is 22.5 Å². The number of ether oxygens (including phenoxy) is 1. The highest BCUT2D eigenvalue weighted by atomic mass is 16.5. The molecular weight excluding hydrogens is 218 g/mol. The van der Waals surface area contributed by atoms with E-state index >= 15 is 0 Å². The van der Waals surface area contributed by atoms with Crippen molar-refractivity contribution >= 4 is 5.97 Å². The number of nitrogens with zero attached hydrogens (tertiary/aromatic N) is 3. The number of hydrogen-bond donors (Lipinski definition) is 0. The van der Waals surface area contributed by atoms with Gasteiger partial charge >= 0.3 is 5.97 Å². The molecule has 0 aromatic carbocycles. The van der Waals surface area contributed by atoms with Crippen LogP contribution in [0.25, 0.3) is 0 Å². The van der Waals surface area contributed by atoms with E-state index in [9.17, 15) is 4.79 Å². The molecule has 90 valence electrons. The summed E-state index contributed by atoms with van der Waals surface area (Å²) in [5, 5.41) is 0. The second-order valence-corrected chi connectivity index (χ2v) is 4.58. The predicted molar refractivity (Wildman–Crippen MR) is 60.2 cm³/mol. The number of carbonyl (C=O) groups excluding carboxylic acids is 1. The van der Waals surface area contributed by atoms with Crippen LogP contribution in [0.1, 0.15) is 23.5 Å². The number of hydrogen-bond acceptors (Lipinski definition) is 5. The van der Waals surface area contributed by atoms with E-state index in [1.54, 1.807) is 0 Å². The Balaban J connectivity index is 1.82. The van der Waals surface area contributed by atoms with Crippen molar-refractivity contribution in [2.75, 3.05) is 13.2 Å². The highest BCUT2D eigenvalue weighted by molar-refractivity contribution is 5.77. The maximum absolute atomic E-state index is 11.6. The Morgan fingerprint density at radius 2 is 2.41 bits per heavy atom. The molecule has 1 atom stereocenters. The molecule has 0 N–H and O–H groups in total. The first-order valence-corrected chi connectivity index (χ1v) is 5.96. The number of esters is 1. The third-order valence-electron chi connectivity index (χ3n) is 3.44. The molecule has 0 aliphatic carbocycles. The Bertz CT molecular complexity index is 461. The van der Waals surface area contributed by atoms with Crippen molar-refractivity contribution in [2.24, 2.45) is 0 Å². The number of fused-ring (bicyclic) bond motifs is 1. The normalized spacial score (nSPS) is 24.5. The van der Waals surface area contributed by atoms with Crippen LogP contribution >= 0.6 is 0 Å². The molecule has 3 rings (SSSR count). The van der Waals surface area contributed by atoms with E-state index in [-0.39, 0.29) is 12.0 Å². The summed E-state index contributed by atoms with van der Waals surface area (Å²) in [5.41, 5.74) is 2.27. The third kappa shape index (κ3) is 1.91. The molecule has 17 heavy (non-hydrogen) atoms. The van der Waals surface area contributed by atoms with Gasteiger partial charge in [0.2, 0.25) is 0 Å². The van der Waals surface area contributed by atoms with E-state index in [0.29, 0.717) is 6.61 Å². The third-order valence-corrected chi connectivity index (χ3v) is 3.44. The van der Waals surface area contributed by atoms with Gasteiger partial charge in [-0.15, -0.1) is 0 Å².